The van der Waals surface area contributed by atoms with Crippen LogP contribution in [0.1, 0.15) is 41.0 Å². The lowest BCUT2D eigenvalue weighted by Gasteiger charge is -2.32. The zero-order chi connectivity index (χ0) is 10.7. The summed E-state index contributed by atoms with van der Waals surface area (Å²) in [5.74, 6) is 0. The number of nitrogens with one attached hydrogen (secondary N) is 1. The molecular formula is C10H21NO2. The van der Waals surface area contributed by atoms with Gasteiger partial charge in [-0.2, -0.15) is 0 Å². The van der Waals surface area contributed by atoms with E-state index in [0.717, 1.165) is 6.42 Å². The van der Waals surface area contributed by atoms with Crippen LogP contribution in [0.3, 0.4) is 0 Å². The maximum absolute atomic E-state index is 11.0. The van der Waals surface area contributed by atoms with Crippen LogP contribution in [-0.2, 0) is 4.74 Å². The van der Waals surface area contributed by atoms with Crippen molar-refractivity contribution in [1.82, 2.24) is 5.32 Å². The molecule has 0 aromatic heterocycles. The quantitative estimate of drug-likeness (QED) is 0.721. The van der Waals surface area contributed by atoms with Crippen LogP contribution in [0.15, 0.2) is 0 Å². The first-order chi connectivity index (χ1) is 5.66. The van der Waals surface area contributed by atoms with Crippen LogP contribution in [-0.4, -0.2) is 18.7 Å². The van der Waals surface area contributed by atoms with Crippen LogP contribution >= 0.6 is 0 Å². The standard InChI is InChI=1S/C10H21NO2/c1-9(2,3)7-10(4,5)11-8(12)13-6/h7H2,1-6H3,(H,11,12). The zero-order valence-corrected chi connectivity index (χ0v) is 9.52. The molecule has 0 aromatic carbocycles. The van der Waals surface area contributed by atoms with Gasteiger partial charge >= 0.3 is 6.09 Å². The van der Waals surface area contributed by atoms with Gasteiger partial charge in [-0.3, -0.25) is 0 Å². The monoisotopic (exact) mass is 187 g/mol. The predicted molar refractivity (Wildman–Crippen MR) is 53.7 cm³/mol. The Morgan fingerprint density at radius 2 is 1.69 bits per heavy atom. The van der Waals surface area contributed by atoms with Crippen molar-refractivity contribution in [2.45, 2.75) is 46.6 Å². The topological polar surface area (TPSA) is 38.3 Å². The molecule has 78 valence electrons. The first-order valence-electron chi connectivity index (χ1n) is 4.52. The average Bonchev–Trinajstić information content (AvgIpc) is 1.80. The lowest BCUT2D eigenvalue weighted by Crippen LogP contribution is -2.45. The van der Waals surface area contributed by atoms with Crippen molar-refractivity contribution in [3.05, 3.63) is 0 Å². The van der Waals surface area contributed by atoms with Crippen molar-refractivity contribution in [1.29, 1.82) is 0 Å². The molecule has 0 bridgehead atoms. The van der Waals surface area contributed by atoms with Gasteiger partial charge in [-0.05, 0) is 25.7 Å². The van der Waals surface area contributed by atoms with Gasteiger partial charge in [-0.25, -0.2) is 4.79 Å². The molecule has 0 unspecified atom stereocenters. The summed E-state index contributed by atoms with van der Waals surface area (Å²) in [7, 11) is 1.38. The fourth-order valence-electron chi connectivity index (χ4n) is 1.70. The Hall–Kier alpha value is -0.730. The van der Waals surface area contributed by atoms with E-state index in [4.69, 9.17) is 0 Å². The third-order valence-electron chi connectivity index (χ3n) is 1.60. The summed E-state index contributed by atoms with van der Waals surface area (Å²) in [6, 6.07) is 0. The van der Waals surface area contributed by atoms with Crippen molar-refractivity contribution in [3.8, 4) is 0 Å². The number of hydrogen-bond acceptors (Lipinski definition) is 2. The van der Waals surface area contributed by atoms with Crippen molar-refractivity contribution in [2.75, 3.05) is 7.11 Å². The summed E-state index contributed by atoms with van der Waals surface area (Å²) >= 11 is 0. The largest absolute Gasteiger partial charge is 0.453 e. The molecule has 0 aliphatic heterocycles. The third kappa shape index (κ3) is 6.43. The molecule has 0 saturated heterocycles. The van der Waals surface area contributed by atoms with Gasteiger partial charge in [-0.15, -0.1) is 0 Å². The van der Waals surface area contributed by atoms with Crippen LogP contribution in [0.5, 0.6) is 0 Å². The predicted octanol–water partition coefficient (Wildman–Crippen LogP) is 2.56. The van der Waals surface area contributed by atoms with Gasteiger partial charge < -0.3 is 10.1 Å². The molecule has 1 amide bonds. The number of ether oxygens (including phenoxy) is 1. The van der Waals surface area contributed by atoms with Gasteiger partial charge in [0.15, 0.2) is 0 Å². The number of carbonyl (C=O) groups is 1. The van der Waals surface area contributed by atoms with E-state index in [2.05, 4.69) is 30.8 Å². The van der Waals surface area contributed by atoms with E-state index in [1.165, 1.54) is 7.11 Å². The molecular weight excluding hydrogens is 166 g/mol. The Morgan fingerprint density at radius 1 is 1.23 bits per heavy atom. The Balaban J connectivity index is 4.16. The van der Waals surface area contributed by atoms with Gasteiger partial charge in [-0.1, -0.05) is 20.8 Å². The Labute approximate surface area is 80.8 Å². The van der Waals surface area contributed by atoms with Crippen LogP contribution in [0.25, 0.3) is 0 Å². The second-order valence-corrected chi connectivity index (χ2v) is 5.24. The molecule has 0 atom stereocenters. The van der Waals surface area contributed by atoms with E-state index in [1.807, 2.05) is 13.8 Å². The zero-order valence-electron chi connectivity index (χ0n) is 9.52. The highest BCUT2D eigenvalue weighted by Gasteiger charge is 2.27. The number of alkyl carbamates (subject to hydrolysis) is 1. The Kier molecular flexibility index (Phi) is 3.76. The maximum atomic E-state index is 11.0. The molecule has 0 spiro atoms. The first-order valence-corrected chi connectivity index (χ1v) is 4.52. The lowest BCUT2D eigenvalue weighted by atomic mass is 9.82. The molecule has 3 heteroatoms. The molecule has 0 fully saturated rings. The van der Waals surface area contributed by atoms with E-state index in [0.29, 0.717) is 0 Å². The van der Waals surface area contributed by atoms with Gasteiger partial charge in [0.05, 0.1) is 7.11 Å². The minimum absolute atomic E-state index is 0.199. The van der Waals surface area contributed by atoms with Crippen molar-refractivity contribution >= 4 is 6.09 Å². The molecule has 0 heterocycles. The average molecular weight is 187 g/mol. The maximum Gasteiger partial charge on any atom is 0.407 e. The highest BCUT2D eigenvalue weighted by molar-refractivity contribution is 5.67. The third-order valence-corrected chi connectivity index (χ3v) is 1.60. The summed E-state index contributed by atoms with van der Waals surface area (Å²) in [5, 5.41) is 2.80. The Bertz CT molecular complexity index is 180. The molecule has 0 aromatic rings. The van der Waals surface area contributed by atoms with Crippen LogP contribution in [0.2, 0.25) is 0 Å². The van der Waals surface area contributed by atoms with E-state index in [-0.39, 0.29) is 17.0 Å². The summed E-state index contributed by atoms with van der Waals surface area (Å²) in [4.78, 5) is 11.0. The molecule has 13 heavy (non-hydrogen) atoms. The molecule has 0 saturated carbocycles. The van der Waals surface area contributed by atoms with E-state index in [9.17, 15) is 4.79 Å². The number of carbonyl (C=O) groups excluding carboxylic acids is 1. The molecule has 0 aliphatic carbocycles. The number of amides is 1. The smallest absolute Gasteiger partial charge is 0.407 e. The fourth-order valence-corrected chi connectivity index (χ4v) is 1.70. The molecule has 1 N–H and O–H groups in total. The van der Waals surface area contributed by atoms with Crippen LogP contribution in [0, 0.1) is 5.41 Å². The number of hydrogen-bond donors (Lipinski definition) is 1. The van der Waals surface area contributed by atoms with Gasteiger partial charge in [0.2, 0.25) is 0 Å². The summed E-state index contributed by atoms with van der Waals surface area (Å²) < 4.78 is 4.55. The fraction of sp³-hybridized carbons (Fsp3) is 0.900. The van der Waals surface area contributed by atoms with Crippen molar-refractivity contribution in [2.24, 2.45) is 5.41 Å². The SMILES string of the molecule is COC(=O)NC(C)(C)CC(C)(C)C. The van der Waals surface area contributed by atoms with Crippen LogP contribution in [0.4, 0.5) is 4.79 Å². The first kappa shape index (κ1) is 12.3. The minimum atomic E-state index is -0.366. The van der Waals surface area contributed by atoms with Crippen molar-refractivity contribution in [3.63, 3.8) is 0 Å². The molecule has 0 radical (unpaired) electrons. The highest BCUT2D eigenvalue weighted by Crippen LogP contribution is 2.26. The highest BCUT2D eigenvalue weighted by atomic mass is 16.5. The lowest BCUT2D eigenvalue weighted by molar-refractivity contribution is 0.150. The van der Waals surface area contributed by atoms with E-state index >= 15 is 0 Å². The molecule has 0 rings (SSSR count). The van der Waals surface area contributed by atoms with Crippen LogP contribution < -0.4 is 5.32 Å². The van der Waals surface area contributed by atoms with Gasteiger partial charge in [0, 0.05) is 5.54 Å². The van der Waals surface area contributed by atoms with E-state index in [1.54, 1.807) is 0 Å². The Morgan fingerprint density at radius 3 is 2.00 bits per heavy atom. The van der Waals surface area contributed by atoms with Gasteiger partial charge in [0.1, 0.15) is 0 Å². The molecule has 0 aliphatic rings. The molecule has 3 nitrogen and oxygen atoms in total. The number of methoxy groups -OCH3 is 1. The second kappa shape index (κ2) is 3.99. The van der Waals surface area contributed by atoms with Gasteiger partial charge in [0.25, 0.3) is 0 Å². The van der Waals surface area contributed by atoms with E-state index < -0.39 is 0 Å². The minimum Gasteiger partial charge on any atom is -0.453 e. The summed E-state index contributed by atoms with van der Waals surface area (Å²) in [6.07, 6.45) is 0.545. The normalized spacial score (nSPS) is 12.5. The second-order valence-electron chi connectivity index (χ2n) is 5.24. The number of rotatable bonds is 2. The van der Waals surface area contributed by atoms with Crippen molar-refractivity contribution < 1.29 is 9.53 Å². The summed E-state index contributed by atoms with van der Waals surface area (Å²) in [5.41, 5.74) is -0.0180. The summed E-state index contributed by atoms with van der Waals surface area (Å²) in [6.45, 7) is 10.4.